The average Bonchev–Trinajstić information content (AvgIpc) is 1.97. The molecule has 0 nitrogen and oxygen atoms in total. The molecule has 0 saturated heterocycles. The van der Waals surface area contributed by atoms with E-state index >= 15 is 0 Å². The smallest absolute Gasteiger partial charge is 0.128 e. The monoisotopic (exact) mass is 396 g/mol. The summed E-state index contributed by atoms with van der Waals surface area (Å²) >= 11 is 9.76. The van der Waals surface area contributed by atoms with Crippen LogP contribution in [0.1, 0.15) is 5.56 Å². The summed E-state index contributed by atoms with van der Waals surface area (Å²) in [6, 6.07) is 3.27. The van der Waals surface area contributed by atoms with Gasteiger partial charge in [-0.15, -0.1) is 11.6 Å². The Morgan fingerprint density at radius 2 is 1.82 bits per heavy atom. The average molecular weight is 396 g/mol. The van der Waals surface area contributed by atoms with Gasteiger partial charge in [-0.3, -0.25) is 0 Å². The van der Waals surface area contributed by atoms with Crippen LogP contribution in [0.2, 0.25) is 0 Å². The van der Waals surface area contributed by atoms with Crippen LogP contribution in [0.4, 0.5) is 4.39 Å². The van der Waals surface area contributed by atoms with Crippen molar-refractivity contribution < 1.29 is 4.39 Å². The Balaban J connectivity index is 3.21. The Hall–Kier alpha value is 0.900. The van der Waals surface area contributed by atoms with Gasteiger partial charge >= 0.3 is 0 Å². The lowest BCUT2D eigenvalue weighted by atomic mass is 10.2. The van der Waals surface area contributed by atoms with Crippen LogP contribution in [0.25, 0.3) is 0 Å². The fourth-order valence-electron chi connectivity index (χ4n) is 0.666. The minimum absolute atomic E-state index is 0.218. The highest BCUT2D eigenvalue weighted by molar-refractivity contribution is 14.1. The topological polar surface area (TPSA) is 0 Å². The predicted molar refractivity (Wildman–Crippen MR) is 61.4 cm³/mol. The zero-order chi connectivity index (χ0) is 8.43. The van der Waals surface area contributed by atoms with Crippen molar-refractivity contribution in [2.24, 2.45) is 0 Å². The van der Waals surface area contributed by atoms with Gasteiger partial charge in [0.15, 0.2) is 0 Å². The van der Waals surface area contributed by atoms with E-state index in [0.717, 1.165) is 7.14 Å². The van der Waals surface area contributed by atoms with E-state index in [2.05, 4.69) is 45.2 Å². The van der Waals surface area contributed by atoms with Crippen molar-refractivity contribution in [1.82, 2.24) is 0 Å². The van der Waals surface area contributed by atoms with Crippen LogP contribution < -0.4 is 0 Å². The molecular formula is C7H4ClFI2. The molecule has 0 radical (unpaired) electrons. The summed E-state index contributed by atoms with van der Waals surface area (Å²) in [6.07, 6.45) is 0. The molecule has 0 N–H and O–H groups in total. The molecule has 1 aromatic carbocycles. The number of hydrogen-bond acceptors (Lipinski definition) is 0. The van der Waals surface area contributed by atoms with Crippen LogP contribution in [0, 0.1) is 13.0 Å². The number of halogens is 4. The molecule has 1 rings (SSSR count). The molecule has 0 unspecified atom stereocenters. The van der Waals surface area contributed by atoms with Crippen molar-refractivity contribution in [1.29, 1.82) is 0 Å². The van der Waals surface area contributed by atoms with E-state index in [-0.39, 0.29) is 11.7 Å². The summed E-state index contributed by atoms with van der Waals surface area (Å²) in [5.41, 5.74) is 0.566. The van der Waals surface area contributed by atoms with Crippen LogP contribution in [0.15, 0.2) is 12.1 Å². The third-order valence-corrected chi connectivity index (χ3v) is 4.34. The van der Waals surface area contributed by atoms with E-state index in [1.54, 1.807) is 6.07 Å². The summed E-state index contributed by atoms with van der Waals surface area (Å²) in [5, 5.41) is 0. The summed E-state index contributed by atoms with van der Waals surface area (Å²) in [6.45, 7) is 0. The maximum absolute atomic E-state index is 12.9. The highest BCUT2D eigenvalue weighted by Crippen LogP contribution is 2.20. The second-order valence-electron chi connectivity index (χ2n) is 1.99. The molecule has 0 aliphatic heterocycles. The van der Waals surface area contributed by atoms with E-state index < -0.39 is 0 Å². The Kier molecular flexibility index (Phi) is 3.84. The van der Waals surface area contributed by atoms with Gasteiger partial charge in [0.25, 0.3) is 0 Å². The third-order valence-electron chi connectivity index (χ3n) is 1.23. The summed E-state index contributed by atoms with van der Waals surface area (Å²) in [7, 11) is 0. The molecule has 0 heterocycles. The lowest BCUT2D eigenvalue weighted by Gasteiger charge is -2.00. The Bertz CT molecular complexity index is 275. The molecule has 0 aromatic heterocycles. The summed E-state index contributed by atoms with van der Waals surface area (Å²) < 4.78 is 14.9. The van der Waals surface area contributed by atoms with E-state index in [1.165, 1.54) is 6.07 Å². The lowest BCUT2D eigenvalue weighted by Crippen LogP contribution is -1.90. The van der Waals surface area contributed by atoms with Gasteiger partial charge in [0.05, 0.1) is 5.88 Å². The largest absolute Gasteiger partial charge is 0.207 e. The zero-order valence-corrected chi connectivity index (χ0v) is 10.4. The van der Waals surface area contributed by atoms with Crippen LogP contribution in [-0.4, -0.2) is 0 Å². The molecule has 60 valence electrons. The minimum Gasteiger partial charge on any atom is -0.207 e. The molecule has 0 fully saturated rings. The van der Waals surface area contributed by atoms with Gasteiger partial charge in [0.1, 0.15) is 5.82 Å². The first kappa shape index (κ1) is 9.98. The van der Waals surface area contributed by atoms with Gasteiger partial charge in [-0.2, -0.15) is 0 Å². The van der Waals surface area contributed by atoms with E-state index in [9.17, 15) is 4.39 Å². The van der Waals surface area contributed by atoms with Crippen molar-refractivity contribution in [3.8, 4) is 0 Å². The second-order valence-corrected chi connectivity index (χ2v) is 4.58. The second kappa shape index (κ2) is 4.23. The fourth-order valence-corrected chi connectivity index (χ4v) is 1.83. The first-order valence-corrected chi connectivity index (χ1v) is 5.53. The van der Waals surface area contributed by atoms with Crippen molar-refractivity contribution >= 4 is 56.8 Å². The molecular weight excluding hydrogens is 392 g/mol. The minimum atomic E-state index is -0.218. The van der Waals surface area contributed by atoms with Gasteiger partial charge in [-0.25, -0.2) is 4.39 Å². The van der Waals surface area contributed by atoms with Gasteiger partial charge < -0.3 is 0 Å². The lowest BCUT2D eigenvalue weighted by molar-refractivity contribution is 0.615. The van der Waals surface area contributed by atoms with Crippen LogP contribution in [-0.2, 0) is 5.88 Å². The van der Waals surface area contributed by atoms with Crippen LogP contribution in [0.3, 0.4) is 0 Å². The van der Waals surface area contributed by atoms with Crippen molar-refractivity contribution in [2.45, 2.75) is 5.88 Å². The first-order valence-electron chi connectivity index (χ1n) is 2.84. The molecule has 4 heteroatoms. The molecule has 0 atom stereocenters. The maximum Gasteiger partial charge on any atom is 0.128 e. The maximum atomic E-state index is 12.9. The van der Waals surface area contributed by atoms with Gasteiger partial charge in [0.2, 0.25) is 0 Å². The predicted octanol–water partition coefficient (Wildman–Crippen LogP) is 3.77. The van der Waals surface area contributed by atoms with Crippen molar-refractivity contribution in [3.05, 3.63) is 30.7 Å². The molecule has 0 amide bonds. The van der Waals surface area contributed by atoms with Crippen LogP contribution >= 0.6 is 56.8 Å². The first-order chi connectivity index (χ1) is 5.15. The SMILES string of the molecule is Fc1cc(I)c(I)cc1CCl. The molecule has 11 heavy (non-hydrogen) atoms. The molecule has 0 bridgehead atoms. The molecule has 0 spiro atoms. The third kappa shape index (κ3) is 2.42. The molecule has 0 aliphatic rings. The standard InChI is InChI=1S/C7H4ClFI2/c8-3-4-1-6(10)7(11)2-5(4)9/h1-2H,3H2. The molecule has 1 aromatic rings. The highest BCUT2D eigenvalue weighted by atomic mass is 127. The zero-order valence-electron chi connectivity index (χ0n) is 5.37. The summed E-state index contributed by atoms with van der Waals surface area (Å²) in [4.78, 5) is 0. The number of rotatable bonds is 1. The number of alkyl halides is 1. The van der Waals surface area contributed by atoms with Gasteiger partial charge in [-0.05, 0) is 57.3 Å². The Morgan fingerprint density at radius 1 is 1.27 bits per heavy atom. The van der Waals surface area contributed by atoms with Gasteiger partial charge in [0, 0.05) is 12.7 Å². The Morgan fingerprint density at radius 3 is 2.36 bits per heavy atom. The molecule has 0 aliphatic carbocycles. The van der Waals surface area contributed by atoms with Gasteiger partial charge in [-0.1, -0.05) is 0 Å². The quantitative estimate of drug-likeness (QED) is 0.385. The van der Waals surface area contributed by atoms with E-state index in [4.69, 9.17) is 11.6 Å². The number of benzene rings is 1. The summed E-state index contributed by atoms with van der Waals surface area (Å²) in [5.74, 6) is 0.0171. The van der Waals surface area contributed by atoms with Crippen LogP contribution in [0.5, 0.6) is 0 Å². The highest BCUT2D eigenvalue weighted by Gasteiger charge is 2.04. The number of hydrogen-bond donors (Lipinski definition) is 0. The van der Waals surface area contributed by atoms with E-state index in [1.807, 2.05) is 0 Å². The van der Waals surface area contributed by atoms with Crippen molar-refractivity contribution in [2.75, 3.05) is 0 Å². The normalized spacial score (nSPS) is 10.2. The van der Waals surface area contributed by atoms with E-state index in [0.29, 0.717) is 5.56 Å². The fraction of sp³-hybridized carbons (Fsp3) is 0.143. The van der Waals surface area contributed by atoms with Crippen molar-refractivity contribution in [3.63, 3.8) is 0 Å². The Labute approximate surface area is 96.8 Å². The molecule has 0 saturated carbocycles.